The fourth-order valence-corrected chi connectivity index (χ4v) is 3.23. The smallest absolute Gasteiger partial charge is 0.453 e. The van der Waals surface area contributed by atoms with Gasteiger partial charge in [0.15, 0.2) is 5.78 Å². The number of benzene rings is 1. The molecular weight excluding hydrogens is 349 g/mol. The number of ketones is 1. The maximum atomic E-state index is 12.8. The Hall–Kier alpha value is -2.97. The summed E-state index contributed by atoms with van der Waals surface area (Å²) in [5.41, 5.74) is 1.57. The lowest BCUT2D eigenvalue weighted by atomic mass is 9.82. The largest absolute Gasteiger partial charge is 0.496 e. The van der Waals surface area contributed by atoms with Gasteiger partial charge in [0.2, 0.25) is 0 Å². The lowest BCUT2D eigenvalue weighted by molar-refractivity contribution is -0.144. The second kappa shape index (κ2) is 5.79. The maximum Gasteiger partial charge on any atom is 0.453 e. The summed E-state index contributed by atoms with van der Waals surface area (Å²) in [6.45, 7) is 0. The molecule has 2 heterocycles. The van der Waals surface area contributed by atoms with Crippen molar-refractivity contribution in [2.45, 2.75) is 24.9 Å². The Morgan fingerprint density at radius 2 is 1.96 bits per heavy atom. The summed E-state index contributed by atoms with van der Waals surface area (Å²) in [4.78, 5) is 20.1. The minimum atomic E-state index is -4.67. The molecule has 1 aliphatic carbocycles. The third kappa shape index (κ3) is 2.69. The molecule has 26 heavy (non-hydrogen) atoms. The Kier molecular flexibility index (Phi) is 3.67. The molecule has 6 nitrogen and oxygen atoms in total. The van der Waals surface area contributed by atoms with E-state index in [-0.39, 0.29) is 29.5 Å². The number of alkyl halides is 3. The zero-order valence-corrected chi connectivity index (χ0v) is 13.6. The third-order valence-electron chi connectivity index (χ3n) is 4.41. The van der Waals surface area contributed by atoms with Crippen molar-refractivity contribution in [1.82, 2.24) is 19.6 Å². The van der Waals surface area contributed by atoms with Crippen LogP contribution in [0, 0.1) is 0 Å². The van der Waals surface area contributed by atoms with Crippen molar-refractivity contribution in [3.63, 3.8) is 0 Å². The van der Waals surface area contributed by atoms with Crippen LogP contribution in [0.25, 0.3) is 5.78 Å². The summed E-state index contributed by atoms with van der Waals surface area (Å²) in [5, 5.41) is 3.38. The Labute approximate surface area is 145 Å². The van der Waals surface area contributed by atoms with Crippen LogP contribution in [0.4, 0.5) is 13.2 Å². The van der Waals surface area contributed by atoms with Gasteiger partial charge in [-0.15, -0.1) is 5.10 Å². The van der Waals surface area contributed by atoms with Gasteiger partial charge >= 0.3 is 6.18 Å². The first-order valence-electron chi connectivity index (χ1n) is 7.86. The predicted molar refractivity (Wildman–Crippen MR) is 84.2 cm³/mol. The molecule has 0 saturated heterocycles. The van der Waals surface area contributed by atoms with Crippen LogP contribution in [0.15, 0.2) is 30.5 Å². The molecule has 4 rings (SSSR count). The van der Waals surface area contributed by atoms with E-state index in [1.807, 2.05) is 18.2 Å². The number of Topliss-reactive ketones (excluding diaryl/α,β-unsaturated/α-hetero) is 1. The highest BCUT2D eigenvalue weighted by molar-refractivity contribution is 5.98. The highest BCUT2D eigenvalue weighted by Gasteiger charge is 2.37. The normalized spacial score (nSPS) is 17.4. The van der Waals surface area contributed by atoms with Crippen molar-refractivity contribution in [2.75, 3.05) is 7.11 Å². The van der Waals surface area contributed by atoms with E-state index in [4.69, 9.17) is 4.74 Å². The molecule has 1 aromatic carbocycles. The molecule has 134 valence electrons. The van der Waals surface area contributed by atoms with Gasteiger partial charge in [-0.3, -0.25) is 4.79 Å². The third-order valence-corrected chi connectivity index (χ3v) is 4.41. The fraction of sp³-hybridized carbons (Fsp3) is 0.294. The van der Waals surface area contributed by atoms with Crippen molar-refractivity contribution in [1.29, 1.82) is 0 Å². The van der Waals surface area contributed by atoms with Crippen LogP contribution in [-0.2, 0) is 12.6 Å². The summed E-state index contributed by atoms with van der Waals surface area (Å²) in [6, 6.07) is 7.36. The average molecular weight is 362 g/mol. The first kappa shape index (κ1) is 16.5. The van der Waals surface area contributed by atoms with Crippen LogP contribution in [0.3, 0.4) is 0 Å². The van der Waals surface area contributed by atoms with E-state index in [0.29, 0.717) is 17.9 Å². The number of para-hydroxylation sites is 1. The van der Waals surface area contributed by atoms with Gasteiger partial charge in [-0.25, -0.2) is 9.50 Å². The number of fused-ring (bicyclic) bond motifs is 2. The summed E-state index contributed by atoms with van der Waals surface area (Å²) in [6.07, 6.45) is -2.76. The average Bonchev–Trinajstić information content (AvgIpc) is 3.03. The molecule has 0 saturated carbocycles. The van der Waals surface area contributed by atoms with Crippen LogP contribution in [-0.4, -0.2) is 32.5 Å². The Bertz CT molecular complexity index is 1010. The summed E-state index contributed by atoms with van der Waals surface area (Å²) >= 11 is 0. The molecule has 0 fully saturated rings. The molecule has 0 unspecified atom stereocenters. The minimum Gasteiger partial charge on any atom is -0.496 e. The van der Waals surface area contributed by atoms with Crippen LogP contribution in [0.2, 0.25) is 0 Å². The predicted octanol–water partition coefficient (Wildman–Crippen LogP) is 3.06. The molecule has 2 aromatic heterocycles. The van der Waals surface area contributed by atoms with Crippen molar-refractivity contribution in [3.8, 4) is 5.75 Å². The van der Waals surface area contributed by atoms with Crippen LogP contribution in [0.1, 0.15) is 39.8 Å². The van der Waals surface area contributed by atoms with E-state index in [1.54, 1.807) is 13.2 Å². The molecule has 0 bridgehead atoms. The van der Waals surface area contributed by atoms with Gasteiger partial charge in [0.25, 0.3) is 11.6 Å². The second-order valence-electron chi connectivity index (χ2n) is 6.05. The summed E-state index contributed by atoms with van der Waals surface area (Å²) in [5.74, 6) is -1.14. The van der Waals surface area contributed by atoms with Gasteiger partial charge in [0.05, 0.1) is 18.4 Å². The molecule has 1 atom stereocenters. The number of nitrogens with zero attached hydrogens (tertiary/aromatic N) is 4. The highest BCUT2D eigenvalue weighted by Crippen LogP contribution is 2.36. The molecule has 3 aromatic rings. The quantitative estimate of drug-likeness (QED) is 0.701. The molecule has 0 N–H and O–H groups in total. The zero-order chi connectivity index (χ0) is 18.5. The lowest BCUT2D eigenvalue weighted by Gasteiger charge is -2.24. The Balaban J connectivity index is 1.77. The molecule has 9 heteroatoms. The standard InChI is InChI=1S/C17H13F3N4O2/c1-26-14-5-3-2-4-10(14)9-6-12-11(13(25)7-9)8-24-16(21-12)22-15(23-24)17(18,19)20/h2-5,8-9H,6-7H2,1H3/t9-/m0/s1. The number of rotatable bonds is 2. The van der Waals surface area contributed by atoms with E-state index in [2.05, 4.69) is 15.1 Å². The SMILES string of the molecule is COc1ccccc1[C@@H]1CC(=O)c2cn3nc(C(F)(F)F)nc3nc2C1. The van der Waals surface area contributed by atoms with Crippen molar-refractivity contribution in [2.24, 2.45) is 0 Å². The van der Waals surface area contributed by atoms with Crippen molar-refractivity contribution >= 4 is 11.6 Å². The summed E-state index contributed by atoms with van der Waals surface area (Å²) in [7, 11) is 1.55. The number of carbonyl (C=O) groups is 1. The van der Waals surface area contributed by atoms with Gasteiger partial charge in [0, 0.05) is 18.5 Å². The van der Waals surface area contributed by atoms with E-state index in [9.17, 15) is 18.0 Å². The lowest BCUT2D eigenvalue weighted by Crippen LogP contribution is -2.21. The van der Waals surface area contributed by atoms with E-state index < -0.39 is 12.0 Å². The van der Waals surface area contributed by atoms with Crippen LogP contribution in [0.5, 0.6) is 5.75 Å². The minimum absolute atomic E-state index is 0.161. The van der Waals surface area contributed by atoms with Gasteiger partial charge in [-0.2, -0.15) is 18.2 Å². The number of halogens is 3. The number of hydrogen-bond acceptors (Lipinski definition) is 5. The Morgan fingerprint density at radius 1 is 1.19 bits per heavy atom. The number of carbonyl (C=O) groups excluding carboxylic acids is 1. The topological polar surface area (TPSA) is 69.4 Å². The maximum absolute atomic E-state index is 12.8. The van der Waals surface area contributed by atoms with Crippen LogP contribution < -0.4 is 4.74 Å². The van der Waals surface area contributed by atoms with Gasteiger partial charge in [-0.05, 0) is 18.1 Å². The van der Waals surface area contributed by atoms with Gasteiger partial charge < -0.3 is 4.74 Å². The van der Waals surface area contributed by atoms with E-state index in [0.717, 1.165) is 10.1 Å². The number of hydrogen-bond donors (Lipinski definition) is 0. The fourth-order valence-electron chi connectivity index (χ4n) is 3.23. The number of ether oxygens (including phenoxy) is 1. The monoisotopic (exact) mass is 362 g/mol. The molecular formula is C17H13F3N4O2. The Morgan fingerprint density at radius 3 is 2.69 bits per heavy atom. The first-order valence-corrected chi connectivity index (χ1v) is 7.86. The van der Waals surface area contributed by atoms with Gasteiger partial charge in [-0.1, -0.05) is 18.2 Å². The van der Waals surface area contributed by atoms with E-state index >= 15 is 0 Å². The molecule has 0 radical (unpaired) electrons. The number of aromatic nitrogens is 4. The first-order chi connectivity index (χ1) is 12.4. The van der Waals surface area contributed by atoms with Crippen LogP contribution >= 0.6 is 0 Å². The van der Waals surface area contributed by atoms with E-state index in [1.165, 1.54) is 6.20 Å². The van der Waals surface area contributed by atoms with Gasteiger partial charge in [0.1, 0.15) is 5.75 Å². The number of methoxy groups -OCH3 is 1. The zero-order valence-electron chi connectivity index (χ0n) is 13.6. The molecule has 0 aliphatic heterocycles. The van der Waals surface area contributed by atoms with Crippen molar-refractivity contribution in [3.05, 3.63) is 53.1 Å². The molecule has 0 spiro atoms. The second-order valence-corrected chi connectivity index (χ2v) is 6.05. The molecule has 1 aliphatic rings. The summed E-state index contributed by atoms with van der Waals surface area (Å²) < 4.78 is 44.7. The molecule has 0 amide bonds. The van der Waals surface area contributed by atoms with Crippen molar-refractivity contribution < 1.29 is 22.7 Å². The highest BCUT2D eigenvalue weighted by atomic mass is 19.4.